The molecule has 1 aromatic rings. The molecule has 1 amide bonds. The van der Waals surface area contributed by atoms with E-state index in [4.69, 9.17) is 4.74 Å². The smallest absolute Gasteiger partial charge is 0.311 e. The summed E-state index contributed by atoms with van der Waals surface area (Å²) >= 11 is 0. The fourth-order valence-electron chi connectivity index (χ4n) is 2.41. The van der Waals surface area contributed by atoms with E-state index in [1.807, 2.05) is 4.90 Å². The van der Waals surface area contributed by atoms with Gasteiger partial charge in [0.25, 0.3) is 0 Å². The standard InChI is InChI=1S/C13H18N4O4/c1-14-13(18)11-8-15-5-6-16(11)9-3-4-10(17(19)20)12(7-9)21-2/h3-4,7,11,15H,5-6,8H2,1-2H3,(H,14,18). The zero-order valence-corrected chi connectivity index (χ0v) is 12.0. The molecule has 21 heavy (non-hydrogen) atoms. The highest BCUT2D eigenvalue weighted by Crippen LogP contribution is 2.32. The normalized spacial score (nSPS) is 18.2. The molecule has 0 radical (unpaired) electrons. The lowest BCUT2D eigenvalue weighted by Gasteiger charge is -2.36. The second kappa shape index (κ2) is 6.40. The van der Waals surface area contributed by atoms with Crippen molar-refractivity contribution in [3.63, 3.8) is 0 Å². The lowest BCUT2D eigenvalue weighted by atomic mass is 10.1. The summed E-state index contributed by atoms with van der Waals surface area (Å²) < 4.78 is 5.08. The lowest BCUT2D eigenvalue weighted by molar-refractivity contribution is -0.385. The van der Waals surface area contributed by atoms with E-state index in [9.17, 15) is 14.9 Å². The highest BCUT2D eigenvalue weighted by atomic mass is 16.6. The van der Waals surface area contributed by atoms with E-state index in [1.165, 1.54) is 13.2 Å². The third-order valence-corrected chi connectivity index (χ3v) is 3.48. The van der Waals surface area contributed by atoms with E-state index in [1.54, 1.807) is 19.2 Å². The molecule has 0 saturated carbocycles. The Morgan fingerprint density at radius 1 is 1.57 bits per heavy atom. The number of amides is 1. The van der Waals surface area contributed by atoms with Crippen LogP contribution in [0.3, 0.4) is 0 Å². The van der Waals surface area contributed by atoms with Gasteiger partial charge in [0.2, 0.25) is 5.91 Å². The Balaban J connectivity index is 2.34. The summed E-state index contributed by atoms with van der Waals surface area (Å²) in [6, 6.07) is 4.29. The molecule has 0 aliphatic carbocycles. The van der Waals surface area contributed by atoms with Gasteiger partial charge in [0.05, 0.1) is 12.0 Å². The zero-order valence-electron chi connectivity index (χ0n) is 12.0. The molecule has 1 heterocycles. The molecule has 0 spiro atoms. The van der Waals surface area contributed by atoms with Crippen molar-refractivity contribution < 1.29 is 14.5 Å². The van der Waals surface area contributed by atoms with Crippen LogP contribution in [0.15, 0.2) is 18.2 Å². The van der Waals surface area contributed by atoms with Crippen LogP contribution < -0.4 is 20.3 Å². The first-order valence-electron chi connectivity index (χ1n) is 6.60. The molecule has 0 aromatic heterocycles. The van der Waals surface area contributed by atoms with Crippen molar-refractivity contribution in [1.29, 1.82) is 0 Å². The van der Waals surface area contributed by atoms with Crippen molar-refractivity contribution in [2.75, 3.05) is 38.7 Å². The molecule has 1 unspecified atom stereocenters. The van der Waals surface area contributed by atoms with Crippen LogP contribution in [-0.2, 0) is 4.79 Å². The number of methoxy groups -OCH3 is 1. The van der Waals surface area contributed by atoms with Gasteiger partial charge in [-0.2, -0.15) is 0 Å². The predicted molar refractivity (Wildman–Crippen MR) is 77.7 cm³/mol. The number of likely N-dealkylation sites (N-methyl/N-ethyl adjacent to an activating group) is 1. The molecule has 1 fully saturated rings. The molecule has 0 bridgehead atoms. The summed E-state index contributed by atoms with van der Waals surface area (Å²) in [6.45, 7) is 1.91. The quantitative estimate of drug-likeness (QED) is 0.605. The minimum atomic E-state index is -0.489. The second-order valence-electron chi connectivity index (χ2n) is 4.64. The molecule has 8 nitrogen and oxygen atoms in total. The molecule has 114 valence electrons. The fraction of sp³-hybridized carbons (Fsp3) is 0.462. The summed E-state index contributed by atoms with van der Waals surface area (Å²) in [6.07, 6.45) is 0. The molecule has 8 heteroatoms. The Labute approximate surface area is 122 Å². The van der Waals surface area contributed by atoms with E-state index in [0.29, 0.717) is 13.1 Å². The van der Waals surface area contributed by atoms with Crippen molar-refractivity contribution >= 4 is 17.3 Å². The Morgan fingerprint density at radius 3 is 2.95 bits per heavy atom. The highest BCUT2D eigenvalue weighted by molar-refractivity contribution is 5.85. The van der Waals surface area contributed by atoms with Crippen LogP contribution in [0.1, 0.15) is 0 Å². The minimum absolute atomic E-state index is 0.0899. The van der Waals surface area contributed by atoms with Crippen molar-refractivity contribution in [3.05, 3.63) is 28.3 Å². The zero-order chi connectivity index (χ0) is 15.4. The second-order valence-corrected chi connectivity index (χ2v) is 4.64. The Bertz CT molecular complexity index is 549. The number of nitro groups is 1. The van der Waals surface area contributed by atoms with Gasteiger partial charge in [0.15, 0.2) is 5.75 Å². The third kappa shape index (κ3) is 3.05. The van der Waals surface area contributed by atoms with Crippen LogP contribution in [0.4, 0.5) is 11.4 Å². The van der Waals surface area contributed by atoms with Gasteiger partial charge in [-0.05, 0) is 6.07 Å². The molecular weight excluding hydrogens is 276 g/mol. The maximum atomic E-state index is 11.9. The van der Waals surface area contributed by atoms with Crippen molar-refractivity contribution in [1.82, 2.24) is 10.6 Å². The summed E-state index contributed by atoms with van der Waals surface area (Å²) in [5, 5.41) is 16.7. The van der Waals surface area contributed by atoms with Gasteiger partial charge in [0.1, 0.15) is 6.04 Å². The summed E-state index contributed by atoms with van der Waals surface area (Å²) in [5.41, 5.74) is 0.639. The van der Waals surface area contributed by atoms with Crippen molar-refractivity contribution in [2.45, 2.75) is 6.04 Å². The Hall–Kier alpha value is -2.35. The average Bonchev–Trinajstić information content (AvgIpc) is 2.53. The summed E-state index contributed by atoms with van der Waals surface area (Å²) in [7, 11) is 2.98. The SMILES string of the molecule is CNC(=O)C1CNCCN1c1ccc([N+](=O)[O-])c(OC)c1. The molecule has 2 N–H and O–H groups in total. The fourth-order valence-corrected chi connectivity index (χ4v) is 2.41. The van der Waals surface area contributed by atoms with Gasteiger partial charge in [0, 0.05) is 44.5 Å². The Morgan fingerprint density at radius 2 is 2.33 bits per heavy atom. The first-order valence-corrected chi connectivity index (χ1v) is 6.60. The van der Waals surface area contributed by atoms with Gasteiger partial charge < -0.3 is 20.3 Å². The number of piperazine rings is 1. The number of hydrogen-bond acceptors (Lipinski definition) is 6. The number of nitrogens with zero attached hydrogens (tertiary/aromatic N) is 2. The predicted octanol–water partition coefficient (Wildman–Crippen LogP) is 0.128. The van der Waals surface area contributed by atoms with Gasteiger partial charge >= 0.3 is 5.69 Å². The number of rotatable bonds is 4. The molecule has 1 saturated heterocycles. The van der Waals surface area contributed by atoms with E-state index in [2.05, 4.69) is 10.6 Å². The number of ether oxygens (including phenoxy) is 1. The largest absolute Gasteiger partial charge is 0.490 e. The average molecular weight is 294 g/mol. The number of hydrogen-bond donors (Lipinski definition) is 2. The summed E-state index contributed by atoms with van der Waals surface area (Å²) in [5.74, 6) is 0.0891. The first kappa shape index (κ1) is 15.0. The first-order chi connectivity index (χ1) is 10.1. The summed E-state index contributed by atoms with van der Waals surface area (Å²) in [4.78, 5) is 24.3. The van der Waals surface area contributed by atoms with Crippen LogP contribution in [0.25, 0.3) is 0 Å². The highest BCUT2D eigenvalue weighted by Gasteiger charge is 2.29. The van der Waals surface area contributed by atoms with Gasteiger partial charge in [-0.1, -0.05) is 0 Å². The van der Waals surface area contributed by atoms with Crippen LogP contribution in [0, 0.1) is 10.1 Å². The number of benzene rings is 1. The monoisotopic (exact) mass is 294 g/mol. The minimum Gasteiger partial charge on any atom is -0.490 e. The topological polar surface area (TPSA) is 96.7 Å². The van der Waals surface area contributed by atoms with E-state index in [0.717, 1.165) is 12.2 Å². The number of nitro benzene ring substituents is 1. The van der Waals surface area contributed by atoms with E-state index >= 15 is 0 Å². The molecular formula is C13H18N4O4. The number of carbonyl (C=O) groups excluding carboxylic acids is 1. The Kier molecular flexibility index (Phi) is 4.59. The number of anilines is 1. The maximum Gasteiger partial charge on any atom is 0.311 e. The number of nitrogens with one attached hydrogen (secondary N) is 2. The molecule has 1 atom stereocenters. The molecule has 2 rings (SSSR count). The third-order valence-electron chi connectivity index (χ3n) is 3.48. The van der Waals surface area contributed by atoms with Gasteiger partial charge in [-0.15, -0.1) is 0 Å². The van der Waals surface area contributed by atoms with E-state index in [-0.39, 0.29) is 23.4 Å². The molecule has 1 aliphatic rings. The van der Waals surface area contributed by atoms with Crippen LogP contribution in [-0.4, -0.2) is 50.7 Å². The van der Waals surface area contributed by atoms with Crippen molar-refractivity contribution in [3.8, 4) is 5.75 Å². The molecule has 1 aromatic carbocycles. The lowest BCUT2D eigenvalue weighted by Crippen LogP contribution is -2.57. The van der Waals surface area contributed by atoms with Crippen LogP contribution in [0.2, 0.25) is 0 Å². The van der Waals surface area contributed by atoms with Gasteiger partial charge in [-0.25, -0.2) is 0 Å². The van der Waals surface area contributed by atoms with Gasteiger partial charge in [-0.3, -0.25) is 14.9 Å². The van der Waals surface area contributed by atoms with Crippen molar-refractivity contribution in [2.24, 2.45) is 0 Å². The maximum absolute atomic E-state index is 11.9. The van der Waals surface area contributed by atoms with Crippen LogP contribution in [0.5, 0.6) is 5.75 Å². The van der Waals surface area contributed by atoms with E-state index < -0.39 is 4.92 Å². The molecule has 1 aliphatic heterocycles. The van der Waals surface area contributed by atoms with Crippen LogP contribution >= 0.6 is 0 Å². The number of carbonyl (C=O) groups is 1.